The summed E-state index contributed by atoms with van der Waals surface area (Å²) in [6, 6.07) is 0. The summed E-state index contributed by atoms with van der Waals surface area (Å²) >= 11 is 11.1. The highest BCUT2D eigenvalue weighted by Crippen LogP contribution is 2.58. The Labute approximate surface area is 145 Å². The number of hydrogen-bond donors (Lipinski definition) is 1. The maximum atomic E-state index is 10.1. The maximum absolute atomic E-state index is 10.1. The van der Waals surface area contributed by atoms with Gasteiger partial charge in [0.25, 0.3) is 0 Å². The Morgan fingerprint density at radius 2 is 1.62 bits per heavy atom. The summed E-state index contributed by atoms with van der Waals surface area (Å²) in [5, 5.41) is 2.14. The fourth-order valence-electron chi connectivity index (χ4n) is 0.508. The van der Waals surface area contributed by atoms with E-state index in [4.69, 9.17) is 7.57 Å². The van der Waals surface area contributed by atoms with Crippen LogP contribution in [-0.2, 0) is 21.4 Å². The number of amides is 2. The largest absolute Gasteiger partial charge is 0.296 e. The zero-order valence-electron chi connectivity index (χ0n) is 8.45. The molecule has 0 spiro atoms. The van der Waals surface area contributed by atoms with Crippen LogP contribution in [0.15, 0.2) is 0 Å². The second-order valence-corrected chi connectivity index (χ2v) is 28.3. The Kier molecular flexibility index (Phi) is 14.8. The first kappa shape index (κ1) is 20.8. The van der Waals surface area contributed by atoms with Gasteiger partial charge in [0.1, 0.15) is 0 Å². The smallest absolute Gasteiger partial charge is 0.236 e. The van der Waals surface area contributed by atoms with Crippen LogP contribution in [0, 0.1) is 0 Å². The van der Waals surface area contributed by atoms with Crippen LogP contribution in [0.25, 0.3) is 0 Å². The van der Waals surface area contributed by atoms with Gasteiger partial charge in [0.05, 0.1) is 0 Å². The van der Waals surface area contributed by atoms with Gasteiger partial charge in [0.2, 0.25) is 16.1 Å². The van der Waals surface area contributed by atoms with Crippen LogP contribution in [0.5, 0.6) is 0 Å². The van der Waals surface area contributed by atoms with Gasteiger partial charge in [-0.25, -0.2) is 0 Å². The molecule has 2 amide bonds. The topological polar surface area (TPSA) is 46.2 Å². The minimum absolute atomic E-state index is 0.148. The van der Waals surface area contributed by atoms with Crippen molar-refractivity contribution < 1.29 is 9.59 Å². The lowest BCUT2D eigenvalue weighted by Crippen LogP contribution is -2.18. The molecule has 1 aliphatic heterocycles. The van der Waals surface area contributed by atoms with E-state index in [2.05, 4.69) is 99.5 Å². The van der Waals surface area contributed by atoms with Gasteiger partial charge in [-0.15, -0.1) is 22.4 Å². The van der Waals surface area contributed by atoms with Gasteiger partial charge in [-0.05, 0) is 44.1 Å². The lowest BCUT2D eigenvalue weighted by Gasteiger charge is -1.86. The molecule has 0 aromatic carbocycles. The van der Waals surface area contributed by atoms with Crippen LogP contribution in [0.4, 0.5) is 0 Å². The van der Waals surface area contributed by atoms with Gasteiger partial charge in [0.15, 0.2) is 7.57 Å². The number of carbonyl (C=O) groups is 2. The second kappa shape index (κ2) is 11.4. The van der Waals surface area contributed by atoms with E-state index in [1.54, 1.807) is 0 Å². The van der Waals surface area contributed by atoms with Crippen LogP contribution in [0.1, 0.15) is 12.8 Å². The Morgan fingerprint density at radius 3 is 1.69 bits per heavy atom. The van der Waals surface area contributed by atoms with Crippen molar-refractivity contribution in [1.29, 1.82) is 0 Å². The Balaban J connectivity index is 0. The molecule has 2 radical (unpaired) electrons. The van der Waals surface area contributed by atoms with E-state index in [-0.39, 0.29) is 11.8 Å². The first-order valence-electron chi connectivity index (χ1n) is 4.02. The summed E-state index contributed by atoms with van der Waals surface area (Å²) in [4.78, 5) is 20.2. The molecule has 90 valence electrons. The average Bonchev–Trinajstić information content (AvgIpc) is 2.28. The predicted octanol–water partition coefficient (Wildman–Crippen LogP) is 3.09. The highest BCUT2D eigenvalue weighted by molar-refractivity contribution is 14.3. The van der Waals surface area contributed by atoms with E-state index < -0.39 is 1.20 Å². The van der Waals surface area contributed by atoms with Gasteiger partial charge < -0.3 is 0 Å². The van der Waals surface area contributed by atoms with Crippen LogP contribution < -0.4 is 5.32 Å². The van der Waals surface area contributed by atoms with E-state index >= 15 is 0 Å². The summed E-state index contributed by atoms with van der Waals surface area (Å²) in [6.45, 7) is 2.12. The highest BCUT2D eigenvalue weighted by atomic mass is 127. The number of imide groups is 1. The van der Waals surface area contributed by atoms with Crippen molar-refractivity contribution in [1.82, 2.24) is 5.32 Å². The van der Waals surface area contributed by atoms with Gasteiger partial charge in [0, 0.05) is 14.0 Å². The minimum atomic E-state index is -1.37. The SMILES string of the molecule is CB(P)I.O=C1CCC(=O)N1.[B]P(=S)(I)I. The van der Waals surface area contributed by atoms with Crippen molar-refractivity contribution in [2.45, 2.75) is 19.7 Å². The third-order valence-electron chi connectivity index (χ3n) is 0.858. The second-order valence-electron chi connectivity index (χ2n) is 2.65. The van der Waals surface area contributed by atoms with Crippen molar-refractivity contribution in [3.63, 3.8) is 0 Å². The average molecular weight is 612 g/mol. The monoisotopic (exact) mass is 613 g/mol. The van der Waals surface area contributed by atoms with Crippen LogP contribution in [-0.4, -0.2) is 23.7 Å². The fourth-order valence-corrected chi connectivity index (χ4v) is 0.508. The summed E-state index contributed by atoms with van der Waals surface area (Å²) in [5.74, 6) is -0.296. The van der Waals surface area contributed by atoms with Crippen LogP contribution in [0.3, 0.4) is 0 Å². The molecule has 16 heavy (non-hydrogen) atoms. The number of carbonyl (C=O) groups excluding carboxylic acids is 2. The molecule has 1 heterocycles. The zero-order chi connectivity index (χ0) is 13.4. The minimum Gasteiger partial charge on any atom is -0.296 e. The molecule has 1 rings (SSSR count). The number of nitrogens with one attached hydrogen (secondary N) is 1. The lowest BCUT2D eigenvalue weighted by atomic mass is 10.2. The van der Waals surface area contributed by atoms with Crippen LogP contribution in [0.2, 0.25) is 6.82 Å². The predicted molar refractivity (Wildman–Crippen MR) is 106 cm³/mol. The molecule has 1 unspecified atom stereocenters. The molecule has 1 saturated heterocycles. The molecule has 0 saturated carbocycles. The Hall–Kier alpha value is 2.54. The van der Waals surface area contributed by atoms with Crippen LogP contribution >= 0.6 is 76.8 Å². The van der Waals surface area contributed by atoms with Gasteiger partial charge in [-0.3, -0.25) is 14.9 Å². The van der Waals surface area contributed by atoms with Crippen molar-refractivity contribution in [2.75, 3.05) is 0 Å². The van der Waals surface area contributed by atoms with E-state index in [9.17, 15) is 9.59 Å². The summed E-state index contributed by atoms with van der Waals surface area (Å²) in [7, 11) is 7.90. The van der Waals surface area contributed by atoms with E-state index in [1.807, 2.05) is 0 Å². The first-order chi connectivity index (χ1) is 7.02. The molecule has 11 heteroatoms. The Bertz CT molecular complexity index is 264. The summed E-state index contributed by atoms with van der Waals surface area (Å²) in [5.41, 5.74) is 0. The number of hydrogen-bond acceptors (Lipinski definition) is 3. The molecule has 1 N–H and O–H groups in total. The summed E-state index contributed by atoms with van der Waals surface area (Å²) in [6.07, 6.45) is 0.748. The van der Waals surface area contributed by atoms with Crippen molar-refractivity contribution in [3.8, 4) is 0 Å². The van der Waals surface area contributed by atoms with Gasteiger partial charge >= 0.3 is 0 Å². The van der Waals surface area contributed by atoms with E-state index in [0.717, 1.165) is 4.29 Å². The molecular weight excluding hydrogens is 602 g/mol. The fraction of sp³-hybridized carbons (Fsp3) is 0.600. The molecule has 0 aromatic heterocycles. The lowest BCUT2D eigenvalue weighted by molar-refractivity contribution is -0.124. The number of rotatable bonds is 0. The number of halogens is 3. The maximum Gasteiger partial charge on any atom is 0.236 e. The molecule has 1 aliphatic rings. The molecule has 1 fully saturated rings. The Morgan fingerprint density at radius 1 is 1.44 bits per heavy atom. The molecule has 0 aromatic rings. The molecule has 3 nitrogen and oxygen atoms in total. The van der Waals surface area contributed by atoms with Gasteiger partial charge in [-0.1, -0.05) is 18.6 Å². The zero-order valence-corrected chi connectivity index (χ0v) is 17.8. The quantitative estimate of drug-likeness (QED) is 0.198. The normalized spacial score (nSPS) is 14.1. The van der Waals surface area contributed by atoms with Crippen molar-refractivity contribution in [3.05, 3.63) is 0 Å². The standard InChI is InChI=1S/C4H5NO2.CH5BIP.BI2PS/c6-3-1-2-4(7)5-3;1-2(3)4;1-4(2,3)5/h1-2H2,(H,5,6,7);4H2,1H3;. The molecule has 0 bridgehead atoms. The molecule has 0 aliphatic carbocycles. The first-order valence-corrected chi connectivity index (χ1v) is 14.4. The third-order valence-corrected chi connectivity index (χ3v) is 0.858. The molecular formula is C5H10B2I3NO2P2S. The third kappa shape index (κ3) is 30.0. The summed E-state index contributed by atoms with van der Waals surface area (Å²) < 4.78 is -0.646. The van der Waals surface area contributed by atoms with Crippen molar-refractivity contribution >= 4 is 112 Å². The molecule has 1 atom stereocenters. The van der Waals surface area contributed by atoms with E-state index in [1.165, 1.54) is 0 Å². The van der Waals surface area contributed by atoms with Gasteiger partial charge in [-0.2, -0.15) is 9.12 Å². The van der Waals surface area contributed by atoms with Crippen molar-refractivity contribution in [2.24, 2.45) is 0 Å². The highest BCUT2D eigenvalue weighted by Gasteiger charge is 2.15. The van der Waals surface area contributed by atoms with E-state index in [0.29, 0.717) is 12.8 Å².